The molecule has 26 heavy (non-hydrogen) atoms. The van der Waals surface area contributed by atoms with E-state index in [9.17, 15) is 9.59 Å². The van der Waals surface area contributed by atoms with Crippen LogP contribution in [-0.2, 0) is 0 Å². The van der Waals surface area contributed by atoms with Crippen molar-refractivity contribution in [2.45, 2.75) is 34.1 Å². The van der Waals surface area contributed by atoms with Crippen LogP contribution in [0, 0.1) is 20.8 Å². The molecule has 0 aliphatic heterocycles. The smallest absolute Gasteiger partial charge is 0.273 e. The molecular formula is C19H24N2O5. The van der Waals surface area contributed by atoms with E-state index in [1.165, 1.54) is 7.11 Å². The second-order valence-corrected chi connectivity index (χ2v) is 5.84. The summed E-state index contributed by atoms with van der Waals surface area (Å²) in [6.07, 6.45) is 0.865. The van der Waals surface area contributed by atoms with Crippen LogP contribution in [0.5, 0.6) is 11.5 Å². The van der Waals surface area contributed by atoms with E-state index in [0.717, 1.165) is 12.0 Å². The second-order valence-electron chi connectivity index (χ2n) is 5.84. The summed E-state index contributed by atoms with van der Waals surface area (Å²) in [5.74, 6) is 1.30. The lowest BCUT2D eigenvalue weighted by Gasteiger charge is -2.12. The molecule has 140 valence electrons. The van der Waals surface area contributed by atoms with Gasteiger partial charge in [-0.25, -0.2) is 0 Å². The summed E-state index contributed by atoms with van der Waals surface area (Å²) in [6.45, 7) is 7.84. The maximum absolute atomic E-state index is 12.3. The lowest BCUT2D eigenvalue weighted by molar-refractivity contribution is 0.0845. The van der Waals surface area contributed by atoms with Crippen molar-refractivity contribution < 1.29 is 23.5 Å². The SMILES string of the molecule is CCCOc1ccc(C(=O)NNC(=O)c2c(C)oc(C)c2C)cc1OC. The van der Waals surface area contributed by atoms with Gasteiger partial charge in [0.1, 0.15) is 11.5 Å². The maximum Gasteiger partial charge on any atom is 0.273 e. The molecule has 0 aliphatic carbocycles. The summed E-state index contributed by atoms with van der Waals surface area (Å²) in [7, 11) is 1.50. The van der Waals surface area contributed by atoms with Gasteiger partial charge >= 0.3 is 0 Å². The summed E-state index contributed by atoms with van der Waals surface area (Å²) in [5, 5.41) is 0. The van der Waals surface area contributed by atoms with E-state index < -0.39 is 11.8 Å². The van der Waals surface area contributed by atoms with Gasteiger partial charge in [0.15, 0.2) is 11.5 Å². The Balaban J connectivity index is 2.06. The van der Waals surface area contributed by atoms with Gasteiger partial charge in [-0.15, -0.1) is 0 Å². The highest BCUT2D eigenvalue weighted by atomic mass is 16.5. The van der Waals surface area contributed by atoms with Gasteiger partial charge in [0, 0.05) is 11.1 Å². The molecule has 7 heteroatoms. The molecule has 2 amide bonds. The van der Waals surface area contributed by atoms with Gasteiger partial charge in [0.05, 0.1) is 19.3 Å². The number of amides is 2. The van der Waals surface area contributed by atoms with Crippen LogP contribution in [0.15, 0.2) is 22.6 Å². The summed E-state index contributed by atoms with van der Waals surface area (Å²) >= 11 is 0. The fourth-order valence-electron chi connectivity index (χ4n) is 2.52. The Morgan fingerprint density at radius 2 is 1.73 bits per heavy atom. The molecule has 0 aliphatic rings. The number of ether oxygens (including phenoxy) is 2. The first-order chi connectivity index (χ1) is 12.4. The fourth-order valence-corrected chi connectivity index (χ4v) is 2.52. The molecule has 2 aromatic rings. The van der Waals surface area contributed by atoms with Crippen molar-refractivity contribution in [1.29, 1.82) is 0 Å². The van der Waals surface area contributed by atoms with Gasteiger partial charge < -0.3 is 13.9 Å². The Morgan fingerprint density at radius 3 is 2.31 bits per heavy atom. The van der Waals surface area contributed by atoms with Crippen LogP contribution in [0.3, 0.4) is 0 Å². The zero-order valence-electron chi connectivity index (χ0n) is 15.7. The van der Waals surface area contributed by atoms with E-state index in [1.807, 2.05) is 6.92 Å². The van der Waals surface area contributed by atoms with Gasteiger partial charge in [-0.2, -0.15) is 0 Å². The van der Waals surface area contributed by atoms with Crippen molar-refractivity contribution in [2.24, 2.45) is 0 Å². The molecule has 0 bridgehead atoms. The molecule has 1 heterocycles. The lowest BCUT2D eigenvalue weighted by Crippen LogP contribution is -2.42. The van der Waals surface area contributed by atoms with Crippen LogP contribution in [0.25, 0.3) is 0 Å². The molecule has 1 aromatic carbocycles. The van der Waals surface area contributed by atoms with E-state index in [4.69, 9.17) is 13.9 Å². The van der Waals surface area contributed by atoms with Crippen molar-refractivity contribution in [3.63, 3.8) is 0 Å². The molecule has 0 fully saturated rings. The number of carbonyl (C=O) groups is 2. The fraction of sp³-hybridized carbons (Fsp3) is 0.368. The summed E-state index contributed by atoms with van der Waals surface area (Å²) in [5.41, 5.74) is 6.31. The minimum atomic E-state index is -0.464. The molecule has 0 atom stereocenters. The van der Waals surface area contributed by atoms with Crippen LogP contribution in [0.2, 0.25) is 0 Å². The van der Waals surface area contributed by atoms with Crippen LogP contribution in [-0.4, -0.2) is 25.5 Å². The third-order valence-corrected chi connectivity index (χ3v) is 3.97. The van der Waals surface area contributed by atoms with Gasteiger partial charge in [-0.05, 0) is 45.4 Å². The lowest BCUT2D eigenvalue weighted by atomic mass is 10.1. The number of methoxy groups -OCH3 is 1. The Bertz CT molecular complexity index is 811. The molecule has 0 spiro atoms. The monoisotopic (exact) mass is 360 g/mol. The maximum atomic E-state index is 12.3. The number of rotatable bonds is 6. The van der Waals surface area contributed by atoms with Crippen molar-refractivity contribution in [1.82, 2.24) is 10.9 Å². The van der Waals surface area contributed by atoms with Gasteiger partial charge in [-0.3, -0.25) is 20.4 Å². The van der Waals surface area contributed by atoms with Crippen LogP contribution in [0.1, 0.15) is 51.1 Å². The predicted molar refractivity (Wildman–Crippen MR) is 96.6 cm³/mol. The third-order valence-electron chi connectivity index (χ3n) is 3.97. The van der Waals surface area contributed by atoms with Crippen LogP contribution in [0.4, 0.5) is 0 Å². The standard InChI is InChI=1S/C19H24N2O5/c1-6-9-25-15-8-7-14(10-16(15)24-5)18(22)20-21-19(23)17-11(2)12(3)26-13(17)4/h7-8,10H,6,9H2,1-5H3,(H,20,22)(H,21,23). The number of aryl methyl sites for hydroxylation is 2. The van der Waals surface area contributed by atoms with Crippen molar-refractivity contribution in [3.05, 3.63) is 46.4 Å². The zero-order chi connectivity index (χ0) is 19.3. The number of benzene rings is 1. The first kappa shape index (κ1) is 19.4. The molecule has 1 aromatic heterocycles. The topological polar surface area (TPSA) is 89.8 Å². The van der Waals surface area contributed by atoms with E-state index >= 15 is 0 Å². The van der Waals surface area contributed by atoms with Crippen molar-refractivity contribution >= 4 is 11.8 Å². The highest BCUT2D eigenvalue weighted by Gasteiger charge is 2.19. The van der Waals surface area contributed by atoms with Gasteiger partial charge in [0.25, 0.3) is 11.8 Å². The third kappa shape index (κ3) is 4.17. The van der Waals surface area contributed by atoms with E-state index in [-0.39, 0.29) is 0 Å². The molecular weight excluding hydrogens is 336 g/mol. The highest BCUT2D eigenvalue weighted by Crippen LogP contribution is 2.28. The largest absolute Gasteiger partial charge is 0.493 e. The van der Waals surface area contributed by atoms with E-state index in [2.05, 4.69) is 10.9 Å². The number of hydrazine groups is 1. The number of carbonyl (C=O) groups excluding carboxylic acids is 2. The first-order valence-electron chi connectivity index (χ1n) is 8.37. The summed E-state index contributed by atoms with van der Waals surface area (Å²) in [6, 6.07) is 4.83. The number of hydrogen-bond acceptors (Lipinski definition) is 5. The molecule has 0 saturated carbocycles. The average molecular weight is 360 g/mol. The molecule has 0 radical (unpaired) electrons. The number of nitrogens with one attached hydrogen (secondary N) is 2. The zero-order valence-corrected chi connectivity index (χ0v) is 15.7. The first-order valence-corrected chi connectivity index (χ1v) is 8.37. The van der Waals surface area contributed by atoms with Crippen molar-refractivity contribution in [2.75, 3.05) is 13.7 Å². The molecule has 0 unspecified atom stereocenters. The Morgan fingerprint density at radius 1 is 1.04 bits per heavy atom. The highest BCUT2D eigenvalue weighted by molar-refractivity contribution is 6.00. The minimum absolute atomic E-state index is 0.336. The minimum Gasteiger partial charge on any atom is -0.493 e. The van der Waals surface area contributed by atoms with Gasteiger partial charge in [-0.1, -0.05) is 6.92 Å². The Labute approximate surface area is 152 Å². The molecule has 0 saturated heterocycles. The van der Waals surface area contributed by atoms with Crippen molar-refractivity contribution in [3.8, 4) is 11.5 Å². The Hall–Kier alpha value is -2.96. The number of furan rings is 1. The summed E-state index contributed by atoms with van der Waals surface area (Å²) in [4.78, 5) is 24.6. The van der Waals surface area contributed by atoms with Crippen LogP contribution < -0.4 is 20.3 Å². The molecule has 7 nitrogen and oxygen atoms in total. The van der Waals surface area contributed by atoms with E-state index in [0.29, 0.717) is 40.8 Å². The van der Waals surface area contributed by atoms with Gasteiger partial charge in [0.2, 0.25) is 0 Å². The number of hydrogen-bond donors (Lipinski definition) is 2. The molecule has 2 N–H and O–H groups in total. The predicted octanol–water partition coefficient (Wildman–Crippen LogP) is 3.08. The second kappa shape index (κ2) is 8.42. The summed E-state index contributed by atoms with van der Waals surface area (Å²) < 4.78 is 16.2. The normalized spacial score (nSPS) is 10.3. The van der Waals surface area contributed by atoms with E-state index in [1.54, 1.807) is 39.0 Å². The van der Waals surface area contributed by atoms with Crippen LogP contribution >= 0.6 is 0 Å². The quantitative estimate of drug-likeness (QED) is 0.773. The molecule has 2 rings (SSSR count). The average Bonchev–Trinajstić information content (AvgIpc) is 2.89. The Kier molecular flexibility index (Phi) is 6.27.